The Morgan fingerprint density at radius 1 is 1.47 bits per heavy atom. The number of amides is 1. The molecule has 1 fully saturated rings. The van der Waals surface area contributed by atoms with E-state index in [0.717, 1.165) is 32.2 Å². The summed E-state index contributed by atoms with van der Waals surface area (Å²) in [5, 5.41) is 0. The number of methoxy groups -OCH3 is 1. The molecule has 2 N–H and O–H groups in total. The van der Waals surface area contributed by atoms with E-state index in [4.69, 9.17) is 10.5 Å². The fourth-order valence-corrected chi connectivity index (χ4v) is 2.18. The number of hydrogen-bond donors (Lipinski definition) is 1. The van der Waals surface area contributed by atoms with Crippen molar-refractivity contribution in [2.24, 2.45) is 0 Å². The van der Waals surface area contributed by atoms with Crippen molar-refractivity contribution < 1.29 is 9.53 Å². The highest BCUT2D eigenvalue weighted by molar-refractivity contribution is 5.99. The number of nitrogen functional groups attached to an aromatic ring is 1. The molecule has 0 bridgehead atoms. The molecule has 1 aromatic rings. The lowest BCUT2D eigenvalue weighted by molar-refractivity contribution is 0.0742. The molecule has 0 unspecified atom stereocenters. The molecule has 0 saturated heterocycles. The van der Waals surface area contributed by atoms with Gasteiger partial charge >= 0.3 is 0 Å². The Kier molecular flexibility index (Phi) is 4.30. The Balaban J connectivity index is 2.16. The number of carbonyl (C=O) groups is 1. The van der Waals surface area contributed by atoms with Crippen molar-refractivity contribution in [3.8, 4) is 5.75 Å². The van der Waals surface area contributed by atoms with E-state index in [1.807, 2.05) is 4.90 Å². The third-order valence-corrected chi connectivity index (χ3v) is 3.49. The van der Waals surface area contributed by atoms with Crippen LogP contribution in [0.4, 0.5) is 5.69 Å². The Hall–Kier alpha value is -1.71. The summed E-state index contributed by atoms with van der Waals surface area (Å²) in [7, 11) is 1.59. The largest absolute Gasteiger partial charge is 0.497 e. The van der Waals surface area contributed by atoms with Crippen LogP contribution in [0, 0.1) is 0 Å². The van der Waals surface area contributed by atoms with Gasteiger partial charge in [-0.1, -0.05) is 13.3 Å². The molecule has 1 saturated carbocycles. The first kappa shape index (κ1) is 13.7. The fourth-order valence-electron chi connectivity index (χ4n) is 2.18. The van der Waals surface area contributed by atoms with Crippen LogP contribution >= 0.6 is 0 Å². The Labute approximate surface area is 114 Å². The third kappa shape index (κ3) is 3.19. The molecule has 0 radical (unpaired) electrons. The first-order valence-electron chi connectivity index (χ1n) is 6.91. The molecule has 4 heteroatoms. The third-order valence-electron chi connectivity index (χ3n) is 3.49. The first-order chi connectivity index (χ1) is 9.17. The summed E-state index contributed by atoms with van der Waals surface area (Å²) in [5.74, 6) is 0.733. The van der Waals surface area contributed by atoms with E-state index >= 15 is 0 Å². The maximum absolute atomic E-state index is 12.6. The minimum Gasteiger partial charge on any atom is -0.497 e. The van der Waals surface area contributed by atoms with Crippen molar-refractivity contribution in [2.45, 2.75) is 38.6 Å². The van der Waals surface area contributed by atoms with Crippen LogP contribution in [-0.4, -0.2) is 30.5 Å². The zero-order valence-corrected chi connectivity index (χ0v) is 11.7. The molecule has 1 amide bonds. The van der Waals surface area contributed by atoms with E-state index in [1.165, 1.54) is 0 Å². The summed E-state index contributed by atoms with van der Waals surface area (Å²) in [6.45, 7) is 2.96. The molecule has 0 aliphatic heterocycles. The predicted molar refractivity (Wildman–Crippen MR) is 76.4 cm³/mol. The highest BCUT2D eigenvalue weighted by Gasteiger charge is 2.33. The van der Waals surface area contributed by atoms with Gasteiger partial charge in [-0.2, -0.15) is 0 Å². The van der Waals surface area contributed by atoms with Crippen molar-refractivity contribution in [1.82, 2.24) is 4.90 Å². The molecule has 0 atom stereocenters. The lowest BCUT2D eigenvalue weighted by Gasteiger charge is -2.23. The molecule has 0 heterocycles. The molecule has 19 heavy (non-hydrogen) atoms. The fraction of sp³-hybridized carbons (Fsp3) is 0.533. The molecular formula is C15H22N2O2. The Morgan fingerprint density at radius 2 is 2.21 bits per heavy atom. The lowest BCUT2D eigenvalue weighted by atomic mass is 10.1. The lowest BCUT2D eigenvalue weighted by Crippen LogP contribution is -2.34. The van der Waals surface area contributed by atoms with Gasteiger partial charge in [0.15, 0.2) is 0 Å². The second kappa shape index (κ2) is 5.95. The van der Waals surface area contributed by atoms with E-state index in [1.54, 1.807) is 25.3 Å². The number of nitrogens with two attached hydrogens (primary N) is 1. The predicted octanol–water partition coefficient (Wildman–Crippen LogP) is 2.68. The van der Waals surface area contributed by atoms with Gasteiger partial charge in [0, 0.05) is 24.3 Å². The number of nitrogens with zero attached hydrogens (tertiary/aromatic N) is 1. The Morgan fingerprint density at radius 3 is 2.74 bits per heavy atom. The average Bonchev–Trinajstić information content (AvgIpc) is 3.23. The molecule has 0 spiro atoms. The number of rotatable bonds is 6. The highest BCUT2D eigenvalue weighted by Crippen LogP contribution is 2.30. The monoisotopic (exact) mass is 262 g/mol. The van der Waals surface area contributed by atoms with Crippen LogP contribution in [0.15, 0.2) is 18.2 Å². The average molecular weight is 262 g/mol. The summed E-state index contributed by atoms with van der Waals surface area (Å²) < 4.78 is 5.11. The summed E-state index contributed by atoms with van der Waals surface area (Å²) >= 11 is 0. The van der Waals surface area contributed by atoms with Crippen LogP contribution in [0.5, 0.6) is 5.75 Å². The number of carbonyl (C=O) groups excluding carboxylic acids is 1. The minimum absolute atomic E-state index is 0.0519. The van der Waals surface area contributed by atoms with Gasteiger partial charge in [-0.25, -0.2) is 0 Å². The smallest absolute Gasteiger partial charge is 0.256 e. The van der Waals surface area contributed by atoms with Gasteiger partial charge in [-0.15, -0.1) is 0 Å². The van der Waals surface area contributed by atoms with Crippen LogP contribution < -0.4 is 10.5 Å². The first-order valence-corrected chi connectivity index (χ1v) is 6.91. The number of unbranched alkanes of at least 4 members (excludes halogenated alkanes) is 1. The second-order valence-corrected chi connectivity index (χ2v) is 5.04. The number of ether oxygens (including phenoxy) is 1. The normalized spacial score (nSPS) is 14.2. The van der Waals surface area contributed by atoms with Crippen molar-refractivity contribution in [3.63, 3.8) is 0 Å². The van der Waals surface area contributed by atoms with Gasteiger partial charge in [0.05, 0.1) is 12.7 Å². The van der Waals surface area contributed by atoms with E-state index in [9.17, 15) is 4.79 Å². The number of anilines is 1. The second-order valence-electron chi connectivity index (χ2n) is 5.04. The molecule has 1 aliphatic rings. The minimum atomic E-state index is 0.0519. The molecular weight excluding hydrogens is 240 g/mol. The number of benzene rings is 1. The maximum Gasteiger partial charge on any atom is 0.256 e. The van der Waals surface area contributed by atoms with E-state index < -0.39 is 0 Å². The van der Waals surface area contributed by atoms with Gasteiger partial charge in [-0.05, 0) is 31.4 Å². The quantitative estimate of drug-likeness (QED) is 0.802. The van der Waals surface area contributed by atoms with Crippen LogP contribution in [0.1, 0.15) is 43.0 Å². The highest BCUT2D eigenvalue weighted by atomic mass is 16.5. The molecule has 4 nitrogen and oxygen atoms in total. The number of hydrogen-bond acceptors (Lipinski definition) is 3. The van der Waals surface area contributed by atoms with Crippen molar-refractivity contribution >= 4 is 11.6 Å². The molecule has 0 aromatic heterocycles. The van der Waals surface area contributed by atoms with Gasteiger partial charge in [0.25, 0.3) is 5.91 Å². The maximum atomic E-state index is 12.6. The molecule has 1 aromatic carbocycles. The summed E-state index contributed by atoms with van der Waals surface area (Å²) in [6.07, 6.45) is 4.37. The summed E-state index contributed by atoms with van der Waals surface area (Å²) in [5.41, 5.74) is 7.04. The summed E-state index contributed by atoms with van der Waals surface area (Å²) in [4.78, 5) is 14.5. The molecule has 2 rings (SSSR count). The van der Waals surface area contributed by atoms with Crippen molar-refractivity contribution in [2.75, 3.05) is 19.4 Å². The van der Waals surface area contributed by atoms with Gasteiger partial charge in [0.1, 0.15) is 5.75 Å². The SMILES string of the molecule is CCCCN(C(=O)c1ccc(OC)cc1N)C1CC1. The zero-order chi connectivity index (χ0) is 13.8. The topological polar surface area (TPSA) is 55.6 Å². The van der Waals surface area contributed by atoms with E-state index in [-0.39, 0.29) is 5.91 Å². The van der Waals surface area contributed by atoms with Gasteiger partial charge in [0.2, 0.25) is 0 Å². The van der Waals surface area contributed by atoms with Crippen molar-refractivity contribution in [1.29, 1.82) is 0 Å². The zero-order valence-electron chi connectivity index (χ0n) is 11.7. The van der Waals surface area contributed by atoms with Crippen LogP contribution in [0.2, 0.25) is 0 Å². The van der Waals surface area contributed by atoms with Crippen LogP contribution in [0.3, 0.4) is 0 Å². The van der Waals surface area contributed by atoms with Gasteiger partial charge < -0.3 is 15.4 Å². The van der Waals surface area contributed by atoms with Crippen LogP contribution in [-0.2, 0) is 0 Å². The standard InChI is InChI=1S/C15H22N2O2/c1-3-4-9-17(11-5-6-11)15(18)13-8-7-12(19-2)10-14(13)16/h7-8,10-11H,3-6,9,16H2,1-2H3. The Bertz CT molecular complexity index is 455. The van der Waals surface area contributed by atoms with E-state index in [0.29, 0.717) is 23.0 Å². The van der Waals surface area contributed by atoms with Crippen LogP contribution in [0.25, 0.3) is 0 Å². The van der Waals surface area contributed by atoms with Crippen molar-refractivity contribution in [3.05, 3.63) is 23.8 Å². The van der Waals surface area contributed by atoms with E-state index in [2.05, 4.69) is 6.92 Å². The molecule has 104 valence electrons. The van der Waals surface area contributed by atoms with Gasteiger partial charge in [-0.3, -0.25) is 4.79 Å². The molecule has 1 aliphatic carbocycles. The summed E-state index contributed by atoms with van der Waals surface area (Å²) in [6, 6.07) is 5.67.